The molecule has 0 aliphatic carbocycles. The number of para-hydroxylation sites is 2. The molecule has 10 heteroatoms. The van der Waals surface area contributed by atoms with E-state index >= 15 is 0 Å². The minimum Gasteiger partial charge on any atom is -0.477 e. The lowest BCUT2D eigenvalue weighted by atomic mass is 10.2. The van der Waals surface area contributed by atoms with Crippen molar-refractivity contribution in [1.29, 1.82) is 0 Å². The van der Waals surface area contributed by atoms with Crippen LogP contribution in [0.5, 0.6) is 5.75 Å². The number of imidazole rings is 1. The van der Waals surface area contributed by atoms with Crippen LogP contribution in [0.25, 0.3) is 11.0 Å². The minimum absolute atomic E-state index is 0.0257. The summed E-state index contributed by atoms with van der Waals surface area (Å²) in [6.07, 6.45) is -0.976. The summed E-state index contributed by atoms with van der Waals surface area (Å²) in [5.41, 5.74) is 1.09. The first-order valence-electron chi connectivity index (χ1n) is 8.10. The number of nitrogens with zero attached hydrogens (tertiary/aromatic N) is 1. The topological polar surface area (TPSA) is 124 Å². The van der Waals surface area contributed by atoms with Crippen molar-refractivity contribution < 1.29 is 17.9 Å². The second-order valence-corrected chi connectivity index (χ2v) is 7.88. The van der Waals surface area contributed by atoms with E-state index in [0.717, 1.165) is 0 Å². The van der Waals surface area contributed by atoms with Crippen LogP contribution >= 0.6 is 0 Å². The van der Waals surface area contributed by atoms with Gasteiger partial charge < -0.3 is 19.6 Å². The Bertz CT molecular complexity index is 1200. The maximum Gasteiger partial charge on any atom is 0.323 e. The molecule has 3 N–H and O–H groups in total. The number of amides is 1. The maximum atomic E-state index is 12.6. The first-order valence-corrected chi connectivity index (χ1v) is 9.58. The van der Waals surface area contributed by atoms with E-state index in [1.807, 2.05) is 0 Å². The van der Waals surface area contributed by atoms with E-state index in [9.17, 15) is 18.0 Å². The molecule has 1 amide bonds. The van der Waals surface area contributed by atoms with E-state index in [-0.39, 0.29) is 17.3 Å². The van der Waals surface area contributed by atoms with Crippen molar-refractivity contribution in [2.75, 3.05) is 18.5 Å². The fourth-order valence-electron chi connectivity index (χ4n) is 2.95. The molecule has 1 unspecified atom stereocenters. The van der Waals surface area contributed by atoms with Gasteiger partial charge >= 0.3 is 5.69 Å². The number of likely N-dealkylation sites (N-methyl/N-ethyl adjacent to an activating group) is 1. The van der Waals surface area contributed by atoms with Gasteiger partial charge in [-0.1, -0.05) is 12.1 Å². The number of H-pyrrole nitrogens is 2. The summed E-state index contributed by atoms with van der Waals surface area (Å²) in [7, 11) is -2.28. The van der Waals surface area contributed by atoms with Gasteiger partial charge in [0.1, 0.15) is 5.75 Å². The van der Waals surface area contributed by atoms with Gasteiger partial charge in [-0.3, -0.25) is 4.79 Å². The highest BCUT2D eigenvalue weighted by atomic mass is 32.2. The standard InChI is InChI=1S/C17H16N4O5S/c1-21-13-4-2-3-5-14(13)26-15(16(21)22)9-18-27(24,25)10-6-7-11-12(8-10)20-17(23)19-11/h2-8,15,18H,9H2,1H3,(H2,19,20,23). The second-order valence-electron chi connectivity index (χ2n) is 6.11. The van der Waals surface area contributed by atoms with E-state index in [4.69, 9.17) is 4.74 Å². The monoisotopic (exact) mass is 388 g/mol. The van der Waals surface area contributed by atoms with E-state index in [2.05, 4.69) is 14.7 Å². The number of carbonyl (C=O) groups excluding carboxylic acids is 1. The first kappa shape index (κ1) is 17.3. The van der Waals surface area contributed by atoms with Crippen molar-refractivity contribution in [2.24, 2.45) is 0 Å². The number of hydrogen-bond acceptors (Lipinski definition) is 5. The average Bonchev–Trinajstić information content (AvgIpc) is 3.02. The average molecular weight is 388 g/mol. The summed E-state index contributed by atoms with van der Waals surface area (Å²) in [5.74, 6) is 0.164. The SMILES string of the molecule is CN1C(=O)C(CNS(=O)(=O)c2ccc3[nH]c(=O)[nH]c3c2)Oc2ccccc21. The molecule has 0 saturated carbocycles. The Labute approximate surface area is 154 Å². The lowest BCUT2D eigenvalue weighted by molar-refractivity contribution is -0.125. The Kier molecular flexibility index (Phi) is 4.01. The number of benzene rings is 2. The molecule has 2 aromatic carbocycles. The predicted octanol–water partition coefficient (Wildman–Crippen LogP) is 0.558. The Morgan fingerprint density at radius 1 is 1.11 bits per heavy atom. The number of aromatic amines is 2. The lowest BCUT2D eigenvalue weighted by Gasteiger charge is -2.31. The third-order valence-electron chi connectivity index (χ3n) is 4.36. The van der Waals surface area contributed by atoms with Crippen LogP contribution in [-0.4, -0.2) is 44.0 Å². The van der Waals surface area contributed by atoms with Crippen LogP contribution in [0.1, 0.15) is 0 Å². The molecule has 3 aromatic rings. The molecule has 2 heterocycles. The van der Waals surface area contributed by atoms with Crippen LogP contribution in [0.3, 0.4) is 0 Å². The van der Waals surface area contributed by atoms with Crippen LogP contribution < -0.4 is 20.0 Å². The van der Waals surface area contributed by atoms with Gasteiger partial charge in [-0.2, -0.15) is 0 Å². The molecule has 1 aliphatic heterocycles. The highest BCUT2D eigenvalue weighted by molar-refractivity contribution is 7.89. The fraction of sp³-hybridized carbons (Fsp3) is 0.176. The van der Waals surface area contributed by atoms with E-state index in [0.29, 0.717) is 22.5 Å². The smallest absolute Gasteiger partial charge is 0.323 e. The third-order valence-corrected chi connectivity index (χ3v) is 5.78. The molecule has 0 bridgehead atoms. The number of carbonyl (C=O) groups is 1. The molecule has 140 valence electrons. The summed E-state index contributed by atoms with van der Waals surface area (Å²) < 4.78 is 33.2. The van der Waals surface area contributed by atoms with Crippen LogP contribution in [-0.2, 0) is 14.8 Å². The molecule has 1 aliphatic rings. The van der Waals surface area contributed by atoms with Crippen LogP contribution in [0.4, 0.5) is 5.69 Å². The van der Waals surface area contributed by atoms with Gasteiger partial charge in [0.05, 0.1) is 28.2 Å². The Morgan fingerprint density at radius 2 is 1.85 bits per heavy atom. The number of aromatic nitrogens is 2. The highest BCUT2D eigenvalue weighted by Gasteiger charge is 2.33. The number of fused-ring (bicyclic) bond motifs is 2. The number of nitrogens with one attached hydrogen (secondary N) is 3. The van der Waals surface area contributed by atoms with Gasteiger partial charge in [0, 0.05) is 7.05 Å². The quantitative estimate of drug-likeness (QED) is 0.602. The first-order chi connectivity index (χ1) is 12.8. The number of sulfonamides is 1. The van der Waals surface area contributed by atoms with Gasteiger partial charge in [0.2, 0.25) is 10.0 Å². The van der Waals surface area contributed by atoms with Crippen LogP contribution in [0.15, 0.2) is 52.2 Å². The summed E-state index contributed by atoms with van der Waals surface area (Å²) in [6.45, 7) is -0.221. The molecule has 0 saturated heterocycles. The van der Waals surface area contributed by atoms with Crippen LogP contribution in [0, 0.1) is 0 Å². The van der Waals surface area contributed by atoms with Crippen molar-refractivity contribution in [3.8, 4) is 5.75 Å². The summed E-state index contributed by atoms with van der Waals surface area (Å²) in [6, 6.07) is 11.2. The molecule has 0 fully saturated rings. The van der Waals surface area contributed by atoms with Gasteiger partial charge in [0.25, 0.3) is 5.91 Å². The number of anilines is 1. The van der Waals surface area contributed by atoms with Gasteiger partial charge in [-0.25, -0.2) is 17.9 Å². The highest BCUT2D eigenvalue weighted by Crippen LogP contribution is 2.32. The van der Waals surface area contributed by atoms with E-state index in [1.165, 1.54) is 23.1 Å². The van der Waals surface area contributed by atoms with Gasteiger partial charge in [0.15, 0.2) is 6.10 Å². The second kappa shape index (κ2) is 6.25. The van der Waals surface area contributed by atoms with Crippen molar-refractivity contribution in [1.82, 2.24) is 14.7 Å². The summed E-state index contributed by atoms with van der Waals surface area (Å²) >= 11 is 0. The van der Waals surface area contributed by atoms with Crippen LogP contribution in [0.2, 0.25) is 0 Å². The van der Waals surface area contributed by atoms with Crippen molar-refractivity contribution >= 4 is 32.7 Å². The Balaban J connectivity index is 1.55. The third kappa shape index (κ3) is 3.09. The molecule has 9 nitrogen and oxygen atoms in total. The van der Waals surface area contributed by atoms with Gasteiger partial charge in [-0.05, 0) is 30.3 Å². The Hall–Kier alpha value is -3.11. The number of hydrogen-bond donors (Lipinski definition) is 3. The lowest BCUT2D eigenvalue weighted by Crippen LogP contribution is -2.49. The van der Waals surface area contributed by atoms with E-state index < -0.39 is 21.8 Å². The van der Waals surface area contributed by atoms with Gasteiger partial charge in [-0.15, -0.1) is 0 Å². The minimum atomic E-state index is -3.90. The zero-order valence-electron chi connectivity index (χ0n) is 14.2. The van der Waals surface area contributed by atoms with Crippen molar-refractivity contribution in [2.45, 2.75) is 11.0 Å². The number of rotatable bonds is 4. The normalized spacial score (nSPS) is 17.0. The zero-order chi connectivity index (χ0) is 19.2. The molecule has 27 heavy (non-hydrogen) atoms. The zero-order valence-corrected chi connectivity index (χ0v) is 15.0. The Morgan fingerprint density at radius 3 is 2.67 bits per heavy atom. The predicted molar refractivity (Wildman–Crippen MR) is 98.4 cm³/mol. The molecule has 0 radical (unpaired) electrons. The van der Waals surface area contributed by atoms with Crippen molar-refractivity contribution in [3.63, 3.8) is 0 Å². The molecule has 0 spiro atoms. The molecule has 4 rings (SSSR count). The number of ether oxygens (including phenoxy) is 1. The summed E-state index contributed by atoms with van der Waals surface area (Å²) in [5, 5.41) is 0. The largest absolute Gasteiger partial charge is 0.477 e. The molecular formula is C17H16N4O5S. The molecule has 1 atom stereocenters. The maximum absolute atomic E-state index is 12.6. The molecular weight excluding hydrogens is 372 g/mol. The van der Waals surface area contributed by atoms with E-state index in [1.54, 1.807) is 31.3 Å². The van der Waals surface area contributed by atoms with Crippen molar-refractivity contribution in [3.05, 3.63) is 52.9 Å². The molecule has 1 aromatic heterocycles. The fourth-order valence-corrected chi connectivity index (χ4v) is 4.01. The summed E-state index contributed by atoms with van der Waals surface area (Å²) in [4.78, 5) is 30.2.